The van der Waals surface area contributed by atoms with Gasteiger partial charge >= 0.3 is 0 Å². The van der Waals surface area contributed by atoms with Crippen LogP contribution in [-0.2, 0) is 4.74 Å². The lowest BCUT2D eigenvalue weighted by Gasteiger charge is -2.53. The third kappa shape index (κ3) is 3.61. The van der Waals surface area contributed by atoms with Crippen LogP contribution in [0.15, 0.2) is 0 Å². The highest BCUT2D eigenvalue weighted by molar-refractivity contribution is 5.03. The smallest absolute Gasteiger partial charge is 0.0670 e. The van der Waals surface area contributed by atoms with Gasteiger partial charge in [0.1, 0.15) is 0 Å². The van der Waals surface area contributed by atoms with Crippen LogP contribution in [0.4, 0.5) is 0 Å². The number of nitrogens with two attached hydrogens (primary N) is 1. The van der Waals surface area contributed by atoms with Crippen LogP contribution in [0.3, 0.4) is 0 Å². The summed E-state index contributed by atoms with van der Waals surface area (Å²) in [5.74, 6) is 0. The molecule has 0 bridgehead atoms. The van der Waals surface area contributed by atoms with Crippen LogP contribution in [0.2, 0.25) is 0 Å². The summed E-state index contributed by atoms with van der Waals surface area (Å²) in [4.78, 5) is 5.24. The maximum atomic E-state index is 6.34. The fraction of sp³-hybridized carbons (Fsp3) is 1.00. The Bertz CT molecular complexity index is 338. The van der Waals surface area contributed by atoms with E-state index in [2.05, 4.69) is 37.6 Å². The lowest BCUT2D eigenvalue weighted by Crippen LogP contribution is -2.64. The first-order valence-corrected chi connectivity index (χ1v) is 8.78. The molecule has 124 valence electrons. The maximum absolute atomic E-state index is 6.34. The number of ether oxygens (including phenoxy) is 1. The van der Waals surface area contributed by atoms with E-state index in [-0.39, 0.29) is 11.1 Å². The molecule has 0 amide bonds. The summed E-state index contributed by atoms with van der Waals surface area (Å²) in [6.07, 6.45) is 5.68. The van der Waals surface area contributed by atoms with E-state index in [0.29, 0.717) is 6.04 Å². The van der Waals surface area contributed by atoms with E-state index < -0.39 is 0 Å². The molecule has 0 aromatic rings. The lowest BCUT2D eigenvalue weighted by atomic mass is 9.77. The van der Waals surface area contributed by atoms with Crippen LogP contribution in [0.5, 0.6) is 0 Å². The molecule has 2 fully saturated rings. The molecule has 3 unspecified atom stereocenters. The number of hydrogen-bond donors (Lipinski definition) is 1. The Hall–Kier alpha value is -0.160. The summed E-state index contributed by atoms with van der Waals surface area (Å²) in [5.41, 5.74) is 6.46. The fourth-order valence-electron chi connectivity index (χ4n) is 4.30. The highest BCUT2D eigenvalue weighted by atomic mass is 16.5. The summed E-state index contributed by atoms with van der Waals surface area (Å²) < 4.78 is 6.09. The Kier molecular flexibility index (Phi) is 5.69. The predicted molar refractivity (Wildman–Crippen MR) is 88.6 cm³/mol. The van der Waals surface area contributed by atoms with E-state index in [0.717, 1.165) is 32.4 Å². The third-order valence-corrected chi connectivity index (χ3v) is 5.83. The molecule has 2 heterocycles. The molecule has 2 N–H and O–H groups in total. The van der Waals surface area contributed by atoms with Crippen molar-refractivity contribution in [3.8, 4) is 0 Å². The third-order valence-electron chi connectivity index (χ3n) is 5.83. The minimum atomic E-state index is -0.00584. The second kappa shape index (κ2) is 6.95. The van der Waals surface area contributed by atoms with E-state index >= 15 is 0 Å². The van der Waals surface area contributed by atoms with E-state index in [1.165, 1.54) is 32.5 Å². The van der Waals surface area contributed by atoms with Gasteiger partial charge in [0.2, 0.25) is 0 Å². The molecule has 21 heavy (non-hydrogen) atoms. The van der Waals surface area contributed by atoms with Gasteiger partial charge in [0, 0.05) is 37.8 Å². The van der Waals surface area contributed by atoms with E-state index in [9.17, 15) is 0 Å². The Balaban J connectivity index is 2.24. The molecule has 4 heteroatoms. The summed E-state index contributed by atoms with van der Waals surface area (Å²) in [7, 11) is 2.25. The largest absolute Gasteiger partial charge is 0.375 e. The summed E-state index contributed by atoms with van der Waals surface area (Å²) in [5, 5.41) is 0. The SMILES string of the molecule is CCC1CN(C)CCCN1C1(CN)CCOC(C)(CC)C1. The van der Waals surface area contributed by atoms with Crippen molar-refractivity contribution in [1.29, 1.82) is 0 Å². The Labute approximate surface area is 131 Å². The van der Waals surface area contributed by atoms with Crippen molar-refractivity contribution in [2.75, 3.05) is 39.8 Å². The van der Waals surface area contributed by atoms with Crippen molar-refractivity contribution in [2.45, 2.75) is 70.1 Å². The number of likely N-dealkylation sites (N-methyl/N-ethyl adjacent to an activating group) is 1. The van der Waals surface area contributed by atoms with Gasteiger partial charge in [-0.3, -0.25) is 4.90 Å². The molecule has 2 saturated heterocycles. The molecule has 0 aromatic heterocycles. The van der Waals surface area contributed by atoms with Crippen LogP contribution >= 0.6 is 0 Å². The van der Waals surface area contributed by atoms with Crippen molar-refractivity contribution in [3.63, 3.8) is 0 Å². The van der Waals surface area contributed by atoms with Crippen molar-refractivity contribution in [2.24, 2.45) is 5.73 Å². The molecule has 0 saturated carbocycles. The Morgan fingerprint density at radius 1 is 1.29 bits per heavy atom. The van der Waals surface area contributed by atoms with Gasteiger partial charge in [-0.25, -0.2) is 0 Å². The van der Waals surface area contributed by atoms with Gasteiger partial charge in [-0.05, 0) is 52.6 Å². The fourth-order valence-corrected chi connectivity index (χ4v) is 4.30. The van der Waals surface area contributed by atoms with E-state index in [1.54, 1.807) is 0 Å². The van der Waals surface area contributed by atoms with Crippen molar-refractivity contribution >= 4 is 0 Å². The van der Waals surface area contributed by atoms with Crippen LogP contribution in [0.1, 0.15) is 52.9 Å². The predicted octanol–water partition coefficient (Wildman–Crippen LogP) is 2.08. The van der Waals surface area contributed by atoms with E-state index in [4.69, 9.17) is 10.5 Å². The molecule has 2 aliphatic heterocycles. The zero-order valence-corrected chi connectivity index (χ0v) is 14.5. The van der Waals surface area contributed by atoms with Gasteiger partial charge in [0.15, 0.2) is 0 Å². The van der Waals surface area contributed by atoms with Crippen LogP contribution in [0.25, 0.3) is 0 Å². The van der Waals surface area contributed by atoms with Crippen LogP contribution < -0.4 is 5.73 Å². The monoisotopic (exact) mass is 297 g/mol. The Morgan fingerprint density at radius 3 is 2.67 bits per heavy atom. The summed E-state index contributed by atoms with van der Waals surface area (Å²) >= 11 is 0. The molecule has 3 atom stereocenters. The van der Waals surface area contributed by atoms with Crippen molar-refractivity contribution in [1.82, 2.24) is 9.80 Å². The second-order valence-corrected chi connectivity index (χ2v) is 7.38. The van der Waals surface area contributed by atoms with Crippen LogP contribution in [-0.4, -0.2) is 66.8 Å². The zero-order valence-electron chi connectivity index (χ0n) is 14.5. The molecule has 2 aliphatic rings. The standard InChI is InChI=1S/C17H35N3O/c1-5-15-12-19(4)9-7-10-20(15)17(14-18)8-11-21-16(3,6-2)13-17/h15H,5-14,18H2,1-4H3. The second-order valence-electron chi connectivity index (χ2n) is 7.38. The molecule has 0 aromatic carbocycles. The normalized spacial score (nSPS) is 40.1. The van der Waals surface area contributed by atoms with E-state index in [1.807, 2.05) is 0 Å². The first kappa shape index (κ1) is 17.2. The van der Waals surface area contributed by atoms with Gasteiger partial charge in [0.25, 0.3) is 0 Å². The minimum absolute atomic E-state index is 0.00584. The molecule has 0 aliphatic carbocycles. The average Bonchev–Trinajstić information content (AvgIpc) is 2.68. The summed E-state index contributed by atoms with van der Waals surface area (Å²) in [6, 6.07) is 0.625. The number of nitrogens with zero attached hydrogens (tertiary/aromatic N) is 2. The molecular weight excluding hydrogens is 262 g/mol. The molecule has 0 spiro atoms. The van der Waals surface area contributed by atoms with Gasteiger partial charge in [0.05, 0.1) is 5.60 Å². The number of hydrogen-bond acceptors (Lipinski definition) is 4. The highest BCUT2D eigenvalue weighted by Gasteiger charge is 2.47. The maximum Gasteiger partial charge on any atom is 0.0670 e. The molecule has 2 rings (SSSR count). The quantitative estimate of drug-likeness (QED) is 0.862. The molecule has 0 radical (unpaired) electrons. The molecular formula is C17H35N3O. The van der Waals surface area contributed by atoms with Crippen molar-refractivity contribution < 1.29 is 4.74 Å². The first-order valence-electron chi connectivity index (χ1n) is 8.78. The van der Waals surface area contributed by atoms with Gasteiger partial charge in [-0.1, -0.05) is 13.8 Å². The minimum Gasteiger partial charge on any atom is -0.375 e. The zero-order chi connectivity index (χ0) is 15.5. The van der Waals surface area contributed by atoms with Gasteiger partial charge in [-0.2, -0.15) is 0 Å². The average molecular weight is 297 g/mol. The van der Waals surface area contributed by atoms with Gasteiger partial charge < -0.3 is 15.4 Å². The topological polar surface area (TPSA) is 41.7 Å². The lowest BCUT2D eigenvalue weighted by molar-refractivity contribution is -0.136. The summed E-state index contributed by atoms with van der Waals surface area (Å²) in [6.45, 7) is 12.0. The van der Waals surface area contributed by atoms with Crippen LogP contribution in [0, 0.1) is 0 Å². The highest BCUT2D eigenvalue weighted by Crippen LogP contribution is 2.39. The molecule has 4 nitrogen and oxygen atoms in total. The van der Waals surface area contributed by atoms with Gasteiger partial charge in [-0.15, -0.1) is 0 Å². The van der Waals surface area contributed by atoms with Crippen molar-refractivity contribution in [3.05, 3.63) is 0 Å². The first-order chi connectivity index (χ1) is 9.98. The Morgan fingerprint density at radius 2 is 2.05 bits per heavy atom. The number of rotatable bonds is 4.